The van der Waals surface area contributed by atoms with Crippen LogP contribution in [-0.4, -0.2) is 5.16 Å². The second-order valence-electron chi connectivity index (χ2n) is 5.43. The number of halogens is 2. The summed E-state index contributed by atoms with van der Waals surface area (Å²) in [5.41, 5.74) is 3.73. The zero-order valence-electron chi connectivity index (χ0n) is 12.9. The maximum absolute atomic E-state index is 14.1. The van der Waals surface area contributed by atoms with Crippen LogP contribution in [-0.2, 0) is 0 Å². The van der Waals surface area contributed by atoms with Crippen molar-refractivity contribution in [3.63, 3.8) is 0 Å². The van der Waals surface area contributed by atoms with Crippen molar-refractivity contribution >= 4 is 23.1 Å². The lowest BCUT2D eigenvalue weighted by Crippen LogP contribution is -1.92. The maximum Gasteiger partial charge on any atom is 0.134 e. The largest absolute Gasteiger partial charge is 0.206 e. The van der Waals surface area contributed by atoms with Crippen LogP contribution in [0.25, 0.3) is 22.3 Å². The standard InChI is InChI=1S/C20H13F2NS/c1-13-10-18(21)20(19(22)11-13)16-4-2-14(3-5-16)15-6-8-17(9-7-15)23-12-24/h2-11H,1H3. The summed E-state index contributed by atoms with van der Waals surface area (Å²) in [5, 5.41) is 2.32. The first-order valence-electron chi connectivity index (χ1n) is 7.33. The van der Waals surface area contributed by atoms with Gasteiger partial charge in [0.05, 0.1) is 16.4 Å². The number of aliphatic imine (C=N–C) groups is 1. The van der Waals surface area contributed by atoms with E-state index in [1.165, 1.54) is 12.1 Å². The molecule has 3 rings (SSSR count). The molecule has 0 aliphatic carbocycles. The third-order valence-electron chi connectivity index (χ3n) is 3.74. The van der Waals surface area contributed by atoms with Crippen molar-refractivity contribution in [1.82, 2.24) is 0 Å². The molecule has 4 heteroatoms. The number of hydrogen-bond acceptors (Lipinski definition) is 2. The molecule has 0 unspecified atom stereocenters. The second-order valence-corrected chi connectivity index (χ2v) is 5.61. The van der Waals surface area contributed by atoms with E-state index in [1.54, 1.807) is 19.1 Å². The highest BCUT2D eigenvalue weighted by atomic mass is 32.1. The summed E-state index contributed by atoms with van der Waals surface area (Å²) in [6, 6.07) is 17.3. The van der Waals surface area contributed by atoms with E-state index in [4.69, 9.17) is 0 Å². The fourth-order valence-corrected chi connectivity index (χ4v) is 2.69. The number of nitrogens with zero attached hydrogens (tertiary/aromatic N) is 1. The van der Waals surface area contributed by atoms with Crippen LogP contribution in [0.2, 0.25) is 0 Å². The summed E-state index contributed by atoms with van der Waals surface area (Å²) in [7, 11) is 0. The minimum absolute atomic E-state index is 0.00202. The van der Waals surface area contributed by atoms with E-state index in [0.29, 0.717) is 11.1 Å². The summed E-state index contributed by atoms with van der Waals surface area (Å²) in [5.74, 6) is -1.11. The Kier molecular flexibility index (Phi) is 4.61. The van der Waals surface area contributed by atoms with E-state index in [9.17, 15) is 8.78 Å². The molecule has 0 aliphatic heterocycles. The molecule has 0 bridgehead atoms. The average molecular weight is 337 g/mol. The molecule has 0 amide bonds. The predicted octanol–water partition coefficient (Wildman–Crippen LogP) is 6.34. The Balaban J connectivity index is 1.95. The average Bonchev–Trinajstić information content (AvgIpc) is 2.56. The number of hydrogen-bond donors (Lipinski definition) is 0. The second kappa shape index (κ2) is 6.83. The molecule has 1 nitrogen and oxygen atoms in total. The highest BCUT2D eigenvalue weighted by molar-refractivity contribution is 7.78. The minimum Gasteiger partial charge on any atom is -0.206 e. The Hall–Kier alpha value is -2.68. The molecule has 24 heavy (non-hydrogen) atoms. The summed E-state index contributed by atoms with van der Waals surface area (Å²) >= 11 is 4.57. The van der Waals surface area contributed by atoms with Crippen molar-refractivity contribution in [2.24, 2.45) is 4.99 Å². The SMILES string of the molecule is Cc1cc(F)c(-c2ccc(-c3ccc(N=C=S)cc3)cc2)c(F)c1. The van der Waals surface area contributed by atoms with Crippen LogP contribution in [0.5, 0.6) is 0 Å². The van der Waals surface area contributed by atoms with Crippen LogP contribution in [0.15, 0.2) is 65.7 Å². The Morgan fingerprint density at radius 2 is 1.25 bits per heavy atom. The zero-order valence-corrected chi connectivity index (χ0v) is 13.7. The monoisotopic (exact) mass is 337 g/mol. The highest BCUT2D eigenvalue weighted by Gasteiger charge is 2.12. The molecular formula is C20H13F2NS. The zero-order chi connectivity index (χ0) is 17.1. The van der Waals surface area contributed by atoms with Crippen LogP contribution in [0, 0.1) is 18.6 Å². The number of isothiocyanates is 1. The Bertz CT molecular complexity index is 902. The van der Waals surface area contributed by atoms with Crippen molar-refractivity contribution < 1.29 is 8.78 Å². The van der Waals surface area contributed by atoms with Gasteiger partial charge in [0.2, 0.25) is 0 Å². The summed E-state index contributed by atoms with van der Waals surface area (Å²) < 4.78 is 28.1. The molecule has 0 saturated heterocycles. The van der Waals surface area contributed by atoms with Crippen LogP contribution in [0.4, 0.5) is 14.5 Å². The predicted molar refractivity (Wildman–Crippen MR) is 96.7 cm³/mol. The molecule has 0 aromatic heterocycles. The molecule has 0 aliphatic rings. The molecule has 0 N–H and O–H groups in total. The summed E-state index contributed by atoms with van der Waals surface area (Å²) in [6.45, 7) is 1.66. The summed E-state index contributed by atoms with van der Waals surface area (Å²) in [4.78, 5) is 3.90. The van der Waals surface area contributed by atoms with Gasteiger partial charge in [-0.15, -0.1) is 0 Å². The lowest BCUT2D eigenvalue weighted by Gasteiger charge is -2.08. The van der Waals surface area contributed by atoms with Crippen molar-refractivity contribution in [2.75, 3.05) is 0 Å². The quantitative estimate of drug-likeness (QED) is 0.401. The fourth-order valence-electron chi connectivity index (χ4n) is 2.59. The van der Waals surface area contributed by atoms with Crippen molar-refractivity contribution in [3.05, 3.63) is 77.9 Å². The lowest BCUT2D eigenvalue weighted by molar-refractivity contribution is 0.588. The minimum atomic E-state index is -0.553. The molecule has 0 radical (unpaired) electrons. The number of thiocarbonyl (C=S) groups is 1. The topological polar surface area (TPSA) is 12.4 Å². The Morgan fingerprint density at radius 1 is 0.792 bits per heavy atom. The number of rotatable bonds is 3. The van der Waals surface area contributed by atoms with E-state index in [0.717, 1.165) is 16.8 Å². The van der Waals surface area contributed by atoms with E-state index in [-0.39, 0.29) is 5.56 Å². The first-order valence-corrected chi connectivity index (χ1v) is 7.73. The van der Waals surface area contributed by atoms with Gasteiger partial charge in [-0.2, -0.15) is 4.99 Å². The van der Waals surface area contributed by atoms with Gasteiger partial charge in [0.1, 0.15) is 11.6 Å². The van der Waals surface area contributed by atoms with Gasteiger partial charge in [0.15, 0.2) is 0 Å². The first-order chi connectivity index (χ1) is 11.6. The number of aryl methyl sites for hydroxylation is 1. The van der Waals surface area contributed by atoms with E-state index in [2.05, 4.69) is 22.4 Å². The van der Waals surface area contributed by atoms with Gasteiger partial charge in [-0.25, -0.2) is 8.78 Å². The Morgan fingerprint density at radius 3 is 1.75 bits per heavy atom. The normalized spacial score (nSPS) is 10.3. The molecule has 0 saturated carbocycles. The summed E-state index contributed by atoms with van der Waals surface area (Å²) in [6.07, 6.45) is 0. The van der Waals surface area contributed by atoms with Crippen molar-refractivity contribution in [3.8, 4) is 22.3 Å². The Labute approximate surface area is 144 Å². The van der Waals surface area contributed by atoms with Crippen LogP contribution in [0.1, 0.15) is 5.56 Å². The number of benzene rings is 3. The maximum atomic E-state index is 14.1. The van der Waals surface area contributed by atoms with Crippen LogP contribution < -0.4 is 0 Å². The smallest absolute Gasteiger partial charge is 0.134 e. The third-order valence-corrected chi connectivity index (χ3v) is 3.83. The van der Waals surface area contributed by atoms with Gasteiger partial charge >= 0.3 is 0 Å². The molecule has 0 heterocycles. The van der Waals surface area contributed by atoms with Crippen LogP contribution in [0.3, 0.4) is 0 Å². The van der Waals surface area contributed by atoms with Gasteiger partial charge in [-0.1, -0.05) is 36.4 Å². The van der Waals surface area contributed by atoms with Gasteiger partial charge in [0, 0.05) is 0 Å². The molecule has 3 aromatic rings. The first kappa shape index (κ1) is 16.2. The highest BCUT2D eigenvalue weighted by Crippen LogP contribution is 2.30. The molecule has 0 atom stereocenters. The van der Waals surface area contributed by atoms with Crippen molar-refractivity contribution in [2.45, 2.75) is 6.92 Å². The van der Waals surface area contributed by atoms with E-state index < -0.39 is 11.6 Å². The molecular weight excluding hydrogens is 324 g/mol. The molecule has 0 fully saturated rings. The van der Waals surface area contributed by atoms with Gasteiger partial charge < -0.3 is 0 Å². The van der Waals surface area contributed by atoms with E-state index >= 15 is 0 Å². The molecule has 118 valence electrons. The molecule has 3 aromatic carbocycles. The van der Waals surface area contributed by atoms with Crippen molar-refractivity contribution in [1.29, 1.82) is 0 Å². The van der Waals surface area contributed by atoms with Crippen LogP contribution >= 0.6 is 12.2 Å². The van der Waals surface area contributed by atoms with E-state index in [1.807, 2.05) is 36.4 Å². The van der Waals surface area contributed by atoms with Gasteiger partial charge in [-0.05, 0) is 65.7 Å². The van der Waals surface area contributed by atoms with Gasteiger partial charge in [-0.3, -0.25) is 0 Å². The third kappa shape index (κ3) is 3.30. The fraction of sp³-hybridized carbons (Fsp3) is 0.0500. The molecule has 0 spiro atoms. The van der Waals surface area contributed by atoms with Gasteiger partial charge in [0.25, 0.3) is 0 Å². The lowest BCUT2D eigenvalue weighted by atomic mass is 9.99.